The summed E-state index contributed by atoms with van der Waals surface area (Å²) in [6, 6.07) is 16.7. The van der Waals surface area contributed by atoms with Crippen LogP contribution in [0.5, 0.6) is 0 Å². The first-order valence-corrected chi connectivity index (χ1v) is 9.71. The summed E-state index contributed by atoms with van der Waals surface area (Å²) in [4.78, 5) is 33.1. The number of nitrogens with zero attached hydrogens (tertiary/aromatic N) is 3. The molecule has 1 saturated heterocycles. The van der Waals surface area contributed by atoms with E-state index in [0.29, 0.717) is 43.0 Å². The molecule has 0 unspecified atom stereocenters. The number of hydrogen-bond acceptors (Lipinski definition) is 4. The Morgan fingerprint density at radius 2 is 1.63 bits per heavy atom. The van der Waals surface area contributed by atoms with Gasteiger partial charge in [-0.3, -0.25) is 14.6 Å². The Balaban J connectivity index is 1.39. The fourth-order valence-corrected chi connectivity index (χ4v) is 3.43. The van der Waals surface area contributed by atoms with Gasteiger partial charge in [0.2, 0.25) is 0 Å². The van der Waals surface area contributed by atoms with Crippen LogP contribution >= 0.6 is 0 Å². The molecule has 1 fully saturated rings. The second-order valence-electron chi connectivity index (χ2n) is 7.03. The maximum Gasteiger partial charge on any atom is 0.257 e. The molecular formula is C23H21FN4O2. The highest BCUT2D eigenvalue weighted by Crippen LogP contribution is 2.19. The number of benzene rings is 2. The van der Waals surface area contributed by atoms with Gasteiger partial charge >= 0.3 is 0 Å². The second kappa shape index (κ2) is 8.73. The van der Waals surface area contributed by atoms with Crippen molar-refractivity contribution in [3.8, 4) is 0 Å². The van der Waals surface area contributed by atoms with E-state index in [-0.39, 0.29) is 17.6 Å². The monoisotopic (exact) mass is 404 g/mol. The van der Waals surface area contributed by atoms with Gasteiger partial charge in [-0.25, -0.2) is 4.39 Å². The third kappa shape index (κ3) is 4.46. The normalized spacial score (nSPS) is 13.8. The summed E-state index contributed by atoms with van der Waals surface area (Å²) in [6.07, 6.45) is 3.09. The number of pyridine rings is 1. The zero-order valence-corrected chi connectivity index (χ0v) is 16.3. The van der Waals surface area contributed by atoms with Crippen molar-refractivity contribution in [3.05, 3.63) is 90.0 Å². The molecule has 2 aromatic carbocycles. The van der Waals surface area contributed by atoms with E-state index in [1.54, 1.807) is 59.6 Å². The lowest BCUT2D eigenvalue weighted by atomic mass is 10.1. The molecule has 0 atom stereocenters. The number of rotatable bonds is 4. The first-order valence-electron chi connectivity index (χ1n) is 9.71. The Morgan fingerprint density at radius 3 is 2.33 bits per heavy atom. The van der Waals surface area contributed by atoms with Crippen molar-refractivity contribution >= 4 is 23.2 Å². The van der Waals surface area contributed by atoms with Gasteiger partial charge in [0.05, 0.1) is 5.56 Å². The van der Waals surface area contributed by atoms with Crippen LogP contribution < -0.4 is 10.2 Å². The average molecular weight is 404 g/mol. The summed E-state index contributed by atoms with van der Waals surface area (Å²) < 4.78 is 13.1. The zero-order valence-electron chi connectivity index (χ0n) is 16.3. The highest BCUT2D eigenvalue weighted by atomic mass is 19.1. The molecule has 1 N–H and O–H groups in total. The van der Waals surface area contributed by atoms with Crippen molar-refractivity contribution in [1.82, 2.24) is 9.88 Å². The minimum absolute atomic E-state index is 0.0776. The van der Waals surface area contributed by atoms with Gasteiger partial charge in [0.25, 0.3) is 11.8 Å². The van der Waals surface area contributed by atoms with E-state index >= 15 is 0 Å². The number of anilines is 2. The largest absolute Gasteiger partial charge is 0.368 e. The Hall–Kier alpha value is -3.74. The summed E-state index contributed by atoms with van der Waals surface area (Å²) in [5, 5.41) is 2.80. The molecule has 6 nitrogen and oxygen atoms in total. The van der Waals surface area contributed by atoms with E-state index in [9.17, 15) is 14.0 Å². The number of carbonyl (C=O) groups is 2. The molecular weight excluding hydrogens is 383 g/mol. The van der Waals surface area contributed by atoms with E-state index in [4.69, 9.17) is 0 Å². The quantitative estimate of drug-likeness (QED) is 0.724. The lowest BCUT2D eigenvalue weighted by Gasteiger charge is -2.36. The fourth-order valence-electron chi connectivity index (χ4n) is 3.43. The van der Waals surface area contributed by atoms with Crippen molar-refractivity contribution in [2.75, 3.05) is 36.4 Å². The van der Waals surface area contributed by atoms with E-state index < -0.39 is 0 Å². The first kappa shape index (κ1) is 19.6. The third-order valence-corrected chi connectivity index (χ3v) is 5.05. The van der Waals surface area contributed by atoms with Crippen molar-refractivity contribution in [3.63, 3.8) is 0 Å². The number of hydrogen-bond donors (Lipinski definition) is 1. The van der Waals surface area contributed by atoms with Gasteiger partial charge in [0, 0.05) is 55.5 Å². The molecule has 30 heavy (non-hydrogen) atoms. The Kier molecular flexibility index (Phi) is 5.70. The lowest BCUT2D eigenvalue weighted by Crippen LogP contribution is -2.48. The Labute approximate surface area is 174 Å². The molecule has 152 valence electrons. The lowest BCUT2D eigenvalue weighted by molar-refractivity contribution is 0.0746. The minimum atomic E-state index is -0.277. The van der Waals surface area contributed by atoms with Crippen LogP contribution in [0.2, 0.25) is 0 Å². The number of aromatic nitrogens is 1. The smallest absolute Gasteiger partial charge is 0.257 e. The van der Waals surface area contributed by atoms with Crippen LogP contribution in [0.4, 0.5) is 15.8 Å². The van der Waals surface area contributed by atoms with Gasteiger partial charge in [-0.15, -0.1) is 0 Å². The Bertz CT molecular complexity index is 1030. The van der Waals surface area contributed by atoms with Crippen LogP contribution in [0, 0.1) is 5.82 Å². The van der Waals surface area contributed by atoms with Gasteiger partial charge in [-0.1, -0.05) is 6.07 Å². The maximum absolute atomic E-state index is 13.1. The van der Waals surface area contributed by atoms with Crippen LogP contribution in [0.1, 0.15) is 20.7 Å². The van der Waals surface area contributed by atoms with Gasteiger partial charge in [-0.2, -0.15) is 0 Å². The zero-order chi connectivity index (χ0) is 20.9. The highest BCUT2D eigenvalue weighted by Gasteiger charge is 2.22. The van der Waals surface area contributed by atoms with E-state index in [1.807, 2.05) is 0 Å². The van der Waals surface area contributed by atoms with Crippen molar-refractivity contribution < 1.29 is 14.0 Å². The molecule has 4 rings (SSSR count). The van der Waals surface area contributed by atoms with Gasteiger partial charge < -0.3 is 15.1 Å². The number of carbonyl (C=O) groups excluding carboxylic acids is 2. The van der Waals surface area contributed by atoms with Crippen LogP contribution in [0.3, 0.4) is 0 Å². The van der Waals surface area contributed by atoms with Gasteiger partial charge in [-0.05, 0) is 54.6 Å². The molecule has 0 saturated carbocycles. The summed E-state index contributed by atoms with van der Waals surface area (Å²) in [5.74, 6) is -0.616. The fraction of sp³-hybridized carbons (Fsp3) is 0.174. The van der Waals surface area contributed by atoms with Crippen LogP contribution in [0.15, 0.2) is 73.1 Å². The average Bonchev–Trinajstić information content (AvgIpc) is 2.80. The van der Waals surface area contributed by atoms with Crippen molar-refractivity contribution in [1.29, 1.82) is 0 Å². The molecule has 0 radical (unpaired) electrons. The van der Waals surface area contributed by atoms with E-state index in [0.717, 1.165) is 5.69 Å². The molecule has 1 aromatic heterocycles. The molecule has 0 bridgehead atoms. The minimum Gasteiger partial charge on any atom is -0.368 e. The summed E-state index contributed by atoms with van der Waals surface area (Å²) in [5.41, 5.74) is 2.48. The molecule has 3 aromatic rings. The summed E-state index contributed by atoms with van der Waals surface area (Å²) in [7, 11) is 0. The van der Waals surface area contributed by atoms with Crippen LogP contribution in [0.25, 0.3) is 0 Å². The van der Waals surface area contributed by atoms with Crippen molar-refractivity contribution in [2.24, 2.45) is 0 Å². The van der Waals surface area contributed by atoms with E-state index in [2.05, 4.69) is 15.2 Å². The standard InChI is InChI=1S/C23H21FN4O2/c24-19-6-8-21(9-7-19)27-11-13-28(14-12-27)23(30)17-3-1-5-20(15-17)26-22(29)18-4-2-10-25-16-18/h1-10,15-16H,11-14H2,(H,26,29). The molecule has 1 aliphatic rings. The van der Waals surface area contributed by atoms with Gasteiger partial charge in [0.1, 0.15) is 5.82 Å². The topological polar surface area (TPSA) is 65.5 Å². The second-order valence-corrected chi connectivity index (χ2v) is 7.03. The third-order valence-electron chi connectivity index (χ3n) is 5.05. The van der Waals surface area contributed by atoms with Crippen LogP contribution in [-0.4, -0.2) is 47.9 Å². The molecule has 2 amide bonds. The first-order chi connectivity index (χ1) is 14.6. The molecule has 0 aliphatic carbocycles. The highest BCUT2D eigenvalue weighted by molar-refractivity contribution is 6.05. The Morgan fingerprint density at radius 1 is 0.900 bits per heavy atom. The number of amides is 2. The molecule has 1 aliphatic heterocycles. The van der Waals surface area contributed by atoms with Crippen molar-refractivity contribution in [2.45, 2.75) is 0 Å². The molecule has 7 heteroatoms. The predicted molar refractivity (Wildman–Crippen MR) is 113 cm³/mol. The van der Waals surface area contributed by atoms with E-state index in [1.165, 1.54) is 18.3 Å². The van der Waals surface area contributed by atoms with Gasteiger partial charge in [0.15, 0.2) is 0 Å². The summed E-state index contributed by atoms with van der Waals surface area (Å²) >= 11 is 0. The number of piperazine rings is 1. The molecule has 2 heterocycles. The molecule has 0 spiro atoms. The predicted octanol–water partition coefficient (Wildman–Crippen LogP) is 3.44. The number of nitrogens with one attached hydrogen (secondary N) is 1. The summed E-state index contributed by atoms with van der Waals surface area (Å²) in [6.45, 7) is 2.49. The number of halogens is 1. The van der Waals surface area contributed by atoms with Crippen LogP contribution in [-0.2, 0) is 0 Å². The SMILES string of the molecule is O=C(Nc1cccc(C(=O)N2CCN(c3ccc(F)cc3)CC2)c1)c1cccnc1. The maximum atomic E-state index is 13.1.